The van der Waals surface area contributed by atoms with Crippen molar-refractivity contribution >= 4 is 17.6 Å². The second kappa shape index (κ2) is 8.97. The SMILES string of the molecule is C[C@@H](OC(=O)c1ccc(CO)cc1)C(=O)Nc1ccccc1-c1ccccc1. The monoisotopic (exact) mass is 375 g/mol. The van der Waals surface area contributed by atoms with Crippen molar-refractivity contribution in [3.05, 3.63) is 90.0 Å². The lowest BCUT2D eigenvalue weighted by molar-refractivity contribution is -0.123. The van der Waals surface area contributed by atoms with E-state index in [0.717, 1.165) is 11.1 Å². The Morgan fingerprint density at radius 3 is 2.25 bits per heavy atom. The van der Waals surface area contributed by atoms with Gasteiger partial charge in [0.05, 0.1) is 12.2 Å². The molecule has 3 rings (SSSR count). The molecular formula is C23H21NO4. The van der Waals surface area contributed by atoms with Crippen LogP contribution in [0.25, 0.3) is 11.1 Å². The zero-order chi connectivity index (χ0) is 19.9. The summed E-state index contributed by atoms with van der Waals surface area (Å²) in [4.78, 5) is 24.8. The predicted molar refractivity (Wildman–Crippen MR) is 108 cm³/mol. The Morgan fingerprint density at radius 1 is 0.929 bits per heavy atom. The maximum Gasteiger partial charge on any atom is 0.338 e. The number of amides is 1. The van der Waals surface area contributed by atoms with Crippen LogP contribution in [0.15, 0.2) is 78.9 Å². The Labute approximate surface area is 163 Å². The first-order valence-electron chi connectivity index (χ1n) is 8.94. The standard InChI is InChI=1S/C23H21NO4/c1-16(28-23(27)19-13-11-17(15-25)12-14-19)22(26)24-21-10-6-5-9-20(21)18-7-3-2-4-8-18/h2-14,16,25H,15H2,1H3,(H,24,26)/t16-/m1/s1. The summed E-state index contributed by atoms with van der Waals surface area (Å²) in [6.07, 6.45) is -0.964. The molecular weight excluding hydrogens is 354 g/mol. The molecule has 0 heterocycles. The maximum absolute atomic E-state index is 12.5. The molecule has 28 heavy (non-hydrogen) atoms. The molecule has 3 aromatic carbocycles. The summed E-state index contributed by atoms with van der Waals surface area (Å²) in [5.41, 5.74) is 3.52. The van der Waals surface area contributed by atoms with Crippen LogP contribution in [0.1, 0.15) is 22.8 Å². The Kier molecular flexibility index (Phi) is 6.19. The summed E-state index contributed by atoms with van der Waals surface area (Å²) >= 11 is 0. The number of hydrogen-bond acceptors (Lipinski definition) is 4. The third-order valence-corrected chi connectivity index (χ3v) is 4.29. The second-order valence-electron chi connectivity index (χ2n) is 6.30. The van der Waals surface area contributed by atoms with E-state index in [0.29, 0.717) is 16.8 Å². The lowest BCUT2D eigenvalue weighted by Gasteiger charge is -2.16. The number of benzene rings is 3. The molecule has 0 saturated carbocycles. The van der Waals surface area contributed by atoms with Gasteiger partial charge in [-0.15, -0.1) is 0 Å². The number of anilines is 1. The van der Waals surface area contributed by atoms with Crippen molar-refractivity contribution in [2.24, 2.45) is 0 Å². The Hall–Kier alpha value is -3.44. The van der Waals surface area contributed by atoms with Crippen LogP contribution in [-0.2, 0) is 16.1 Å². The normalized spacial score (nSPS) is 11.5. The van der Waals surface area contributed by atoms with Gasteiger partial charge in [0.1, 0.15) is 0 Å². The number of carbonyl (C=O) groups excluding carboxylic acids is 2. The zero-order valence-electron chi connectivity index (χ0n) is 15.5. The molecule has 0 aliphatic heterocycles. The van der Waals surface area contributed by atoms with E-state index in [-0.39, 0.29) is 6.61 Å². The molecule has 0 aromatic heterocycles. The van der Waals surface area contributed by atoms with Crippen LogP contribution < -0.4 is 5.32 Å². The number of aliphatic hydroxyl groups is 1. The van der Waals surface area contributed by atoms with E-state index < -0.39 is 18.0 Å². The lowest BCUT2D eigenvalue weighted by atomic mass is 10.0. The van der Waals surface area contributed by atoms with Gasteiger partial charge in [0.15, 0.2) is 6.10 Å². The zero-order valence-corrected chi connectivity index (χ0v) is 15.5. The predicted octanol–water partition coefficient (Wildman–Crippen LogP) is 4.03. The fourth-order valence-corrected chi connectivity index (χ4v) is 2.72. The average molecular weight is 375 g/mol. The van der Waals surface area contributed by atoms with Gasteiger partial charge in [-0.25, -0.2) is 4.79 Å². The summed E-state index contributed by atoms with van der Waals surface area (Å²) in [7, 11) is 0. The van der Waals surface area contributed by atoms with E-state index in [1.807, 2.05) is 54.6 Å². The van der Waals surface area contributed by atoms with Crippen molar-refractivity contribution in [2.45, 2.75) is 19.6 Å². The molecule has 0 aliphatic rings. The van der Waals surface area contributed by atoms with Gasteiger partial charge >= 0.3 is 5.97 Å². The van der Waals surface area contributed by atoms with Crippen LogP contribution in [0.2, 0.25) is 0 Å². The van der Waals surface area contributed by atoms with E-state index in [4.69, 9.17) is 9.84 Å². The largest absolute Gasteiger partial charge is 0.449 e. The van der Waals surface area contributed by atoms with Gasteiger partial charge in [-0.3, -0.25) is 4.79 Å². The van der Waals surface area contributed by atoms with Crippen molar-refractivity contribution in [2.75, 3.05) is 5.32 Å². The fraction of sp³-hybridized carbons (Fsp3) is 0.130. The number of rotatable bonds is 6. The van der Waals surface area contributed by atoms with Crippen molar-refractivity contribution in [3.63, 3.8) is 0 Å². The number of ether oxygens (including phenoxy) is 1. The third kappa shape index (κ3) is 4.64. The number of para-hydroxylation sites is 1. The molecule has 0 unspecified atom stereocenters. The Morgan fingerprint density at radius 2 is 1.57 bits per heavy atom. The van der Waals surface area contributed by atoms with Crippen molar-refractivity contribution in [1.82, 2.24) is 0 Å². The minimum absolute atomic E-state index is 0.102. The quantitative estimate of drug-likeness (QED) is 0.638. The van der Waals surface area contributed by atoms with E-state index in [2.05, 4.69) is 5.32 Å². The van der Waals surface area contributed by atoms with Crippen LogP contribution in [0.3, 0.4) is 0 Å². The lowest BCUT2D eigenvalue weighted by Crippen LogP contribution is -2.30. The van der Waals surface area contributed by atoms with Gasteiger partial charge in [-0.05, 0) is 36.2 Å². The third-order valence-electron chi connectivity index (χ3n) is 4.29. The minimum Gasteiger partial charge on any atom is -0.449 e. The number of nitrogens with one attached hydrogen (secondary N) is 1. The van der Waals surface area contributed by atoms with Gasteiger partial charge in [0, 0.05) is 11.3 Å². The summed E-state index contributed by atoms with van der Waals surface area (Å²) < 4.78 is 5.28. The van der Waals surface area contributed by atoms with Crippen LogP contribution >= 0.6 is 0 Å². The topological polar surface area (TPSA) is 75.6 Å². The molecule has 0 fully saturated rings. The number of esters is 1. The molecule has 0 saturated heterocycles. The maximum atomic E-state index is 12.5. The van der Waals surface area contributed by atoms with Crippen LogP contribution in [-0.4, -0.2) is 23.1 Å². The first-order chi connectivity index (χ1) is 13.6. The highest BCUT2D eigenvalue weighted by atomic mass is 16.5. The summed E-state index contributed by atoms with van der Waals surface area (Å²) in [6, 6.07) is 23.6. The molecule has 5 nitrogen and oxygen atoms in total. The molecule has 142 valence electrons. The fourth-order valence-electron chi connectivity index (χ4n) is 2.72. The molecule has 0 aliphatic carbocycles. The average Bonchev–Trinajstić information content (AvgIpc) is 2.74. The van der Waals surface area contributed by atoms with E-state index in [9.17, 15) is 9.59 Å². The van der Waals surface area contributed by atoms with E-state index in [1.54, 1.807) is 24.3 Å². The van der Waals surface area contributed by atoms with Crippen molar-refractivity contribution in [1.29, 1.82) is 0 Å². The van der Waals surface area contributed by atoms with Gasteiger partial charge < -0.3 is 15.2 Å². The molecule has 3 aromatic rings. The molecule has 2 N–H and O–H groups in total. The highest BCUT2D eigenvalue weighted by molar-refractivity contribution is 5.99. The van der Waals surface area contributed by atoms with Crippen molar-refractivity contribution in [3.8, 4) is 11.1 Å². The van der Waals surface area contributed by atoms with Gasteiger partial charge in [0.2, 0.25) is 0 Å². The first-order valence-corrected chi connectivity index (χ1v) is 8.94. The van der Waals surface area contributed by atoms with Crippen LogP contribution in [0.4, 0.5) is 5.69 Å². The first kappa shape index (κ1) is 19.3. The Balaban J connectivity index is 1.68. The van der Waals surface area contributed by atoms with Crippen molar-refractivity contribution < 1.29 is 19.4 Å². The highest BCUT2D eigenvalue weighted by Gasteiger charge is 2.20. The van der Waals surface area contributed by atoms with Gasteiger partial charge in [-0.2, -0.15) is 0 Å². The molecule has 0 bridgehead atoms. The van der Waals surface area contributed by atoms with Crippen LogP contribution in [0.5, 0.6) is 0 Å². The summed E-state index contributed by atoms with van der Waals surface area (Å²) in [5.74, 6) is -1.01. The van der Waals surface area contributed by atoms with E-state index >= 15 is 0 Å². The highest BCUT2D eigenvalue weighted by Crippen LogP contribution is 2.27. The van der Waals surface area contributed by atoms with Crippen LogP contribution in [0, 0.1) is 0 Å². The second-order valence-corrected chi connectivity index (χ2v) is 6.30. The summed E-state index contributed by atoms with van der Waals surface area (Å²) in [5, 5.41) is 11.9. The van der Waals surface area contributed by atoms with Gasteiger partial charge in [-0.1, -0.05) is 60.7 Å². The molecule has 0 radical (unpaired) electrons. The number of aliphatic hydroxyl groups excluding tert-OH is 1. The molecule has 1 atom stereocenters. The summed E-state index contributed by atoms with van der Waals surface area (Å²) in [6.45, 7) is 1.43. The molecule has 5 heteroatoms. The minimum atomic E-state index is -0.964. The number of carbonyl (C=O) groups is 2. The smallest absolute Gasteiger partial charge is 0.338 e. The Bertz CT molecular complexity index is 952. The molecule has 1 amide bonds. The number of hydrogen-bond donors (Lipinski definition) is 2. The van der Waals surface area contributed by atoms with E-state index in [1.165, 1.54) is 6.92 Å². The molecule has 0 spiro atoms. The van der Waals surface area contributed by atoms with Gasteiger partial charge in [0.25, 0.3) is 5.91 Å².